The maximum absolute atomic E-state index is 12.1. The van der Waals surface area contributed by atoms with Gasteiger partial charge >= 0.3 is 0 Å². The Bertz CT molecular complexity index is 564. The third kappa shape index (κ3) is 8.05. The highest BCUT2D eigenvalue weighted by Crippen LogP contribution is 2.19. The molecule has 1 aromatic carbocycles. The third-order valence-electron chi connectivity index (χ3n) is 3.99. The van der Waals surface area contributed by atoms with Crippen molar-refractivity contribution in [3.05, 3.63) is 29.8 Å². The highest BCUT2D eigenvalue weighted by Gasteiger charge is 2.31. The molecule has 1 atom stereocenters. The number of amides is 2. The summed E-state index contributed by atoms with van der Waals surface area (Å²) < 4.78 is 5.70. The second-order valence-electron chi connectivity index (χ2n) is 7.46. The highest BCUT2D eigenvalue weighted by molar-refractivity contribution is 5.88. The van der Waals surface area contributed by atoms with Crippen molar-refractivity contribution in [2.45, 2.75) is 59.4 Å². The molecule has 0 radical (unpaired) electrons. The molecule has 0 heterocycles. The standard InChI is InChI=1S/C20H32N2O3/c1-15-10-9-11-16(14-15)25-13-8-6-7-12-17(23)22-18(19(24)21-5)20(2,3)4/h9-11,14,18H,6-8,12-13H2,1-5H3,(H,21,24)(H,22,23). The molecular formula is C20H32N2O3. The lowest BCUT2D eigenvalue weighted by atomic mass is 9.86. The molecule has 5 heteroatoms. The van der Waals surface area contributed by atoms with E-state index in [9.17, 15) is 9.59 Å². The molecule has 0 saturated heterocycles. The predicted octanol–water partition coefficient (Wildman–Crippen LogP) is 3.21. The van der Waals surface area contributed by atoms with Crippen molar-refractivity contribution in [2.24, 2.45) is 5.41 Å². The fourth-order valence-corrected chi connectivity index (χ4v) is 2.51. The van der Waals surface area contributed by atoms with Crippen molar-refractivity contribution < 1.29 is 14.3 Å². The van der Waals surface area contributed by atoms with Crippen molar-refractivity contribution in [3.8, 4) is 5.75 Å². The number of benzene rings is 1. The van der Waals surface area contributed by atoms with Gasteiger partial charge in [-0.05, 0) is 49.3 Å². The van der Waals surface area contributed by atoms with Gasteiger partial charge in [0.05, 0.1) is 6.61 Å². The van der Waals surface area contributed by atoms with Gasteiger partial charge in [-0.1, -0.05) is 32.9 Å². The molecule has 1 unspecified atom stereocenters. The summed E-state index contributed by atoms with van der Waals surface area (Å²) in [5.74, 6) is 0.645. The molecule has 0 saturated carbocycles. The minimum absolute atomic E-state index is 0.0804. The Morgan fingerprint density at radius 3 is 2.48 bits per heavy atom. The number of carbonyl (C=O) groups excluding carboxylic acids is 2. The minimum Gasteiger partial charge on any atom is -0.494 e. The minimum atomic E-state index is -0.519. The van der Waals surface area contributed by atoms with Gasteiger partial charge < -0.3 is 15.4 Å². The smallest absolute Gasteiger partial charge is 0.242 e. The summed E-state index contributed by atoms with van der Waals surface area (Å²) in [5, 5.41) is 5.46. The van der Waals surface area contributed by atoms with Gasteiger partial charge in [0.25, 0.3) is 0 Å². The second kappa shape index (κ2) is 10.1. The monoisotopic (exact) mass is 348 g/mol. The van der Waals surface area contributed by atoms with Crippen LogP contribution in [0, 0.1) is 12.3 Å². The maximum Gasteiger partial charge on any atom is 0.242 e. The van der Waals surface area contributed by atoms with Crippen LogP contribution in [0.3, 0.4) is 0 Å². The number of aryl methyl sites for hydroxylation is 1. The highest BCUT2D eigenvalue weighted by atomic mass is 16.5. The summed E-state index contributed by atoms with van der Waals surface area (Å²) in [6.45, 7) is 8.50. The summed E-state index contributed by atoms with van der Waals surface area (Å²) in [7, 11) is 1.58. The van der Waals surface area contributed by atoms with E-state index in [1.807, 2.05) is 52.0 Å². The fraction of sp³-hybridized carbons (Fsp3) is 0.600. The van der Waals surface area contributed by atoms with Crippen LogP contribution in [0.1, 0.15) is 52.0 Å². The van der Waals surface area contributed by atoms with Crippen LogP contribution >= 0.6 is 0 Å². The number of hydrogen-bond donors (Lipinski definition) is 2. The Morgan fingerprint density at radius 2 is 1.88 bits per heavy atom. The zero-order chi connectivity index (χ0) is 18.9. The molecule has 0 aliphatic heterocycles. The zero-order valence-electron chi connectivity index (χ0n) is 16.1. The Balaban J connectivity index is 2.24. The number of unbranched alkanes of at least 4 members (excludes halogenated alkanes) is 2. The molecule has 0 aromatic heterocycles. The Hall–Kier alpha value is -2.04. The largest absolute Gasteiger partial charge is 0.494 e. The molecule has 0 bridgehead atoms. The van der Waals surface area contributed by atoms with E-state index in [4.69, 9.17) is 4.74 Å². The fourth-order valence-electron chi connectivity index (χ4n) is 2.51. The van der Waals surface area contributed by atoms with Crippen LogP contribution in [0.4, 0.5) is 0 Å². The van der Waals surface area contributed by atoms with E-state index >= 15 is 0 Å². The normalized spacial score (nSPS) is 12.4. The molecule has 2 amide bonds. The first-order valence-corrected chi connectivity index (χ1v) is 8.94. The quantitative estimate of drug-likeness (QED) is 0.673. The summed E-state index contributed by atoms with van der Waals surface area (Å²) in [6, 6.07) is 7.46. The average Bonchev–Trinajstić information content (AvgIpc) is 2.54. The maximum atomic E-state index is 12.1. The van der Waals surface area contributed by atoms with E-state index in [0.717, 1.165) is 25.0 Å². The van der Waals surface area contributed by atoms with Crippen LogP contribution in [0.2, 0.25) is 0 Å². The Morgan fingerprint density at radius 1 is 1.16 bits per heavy atom. The third-order valence-corrected chi connectivity index (χ3v) is 3.99. The van der Waals surface area contributed by atoms with Crippen LogP contribution < -0.4 is 15.4 Å². The Kier molecular flexibility index (Phi) is 8.46. The Labute approximate surface area is 151 Å². The van der Waals surface area contributed by atoms with Gasteiger partial charge in [0.2, 0.25) is 11.8 Å². The van der Waals surface area contributed by atoms with Crippen LogP contribution in [0.25, 0.3) is 0 Å². The summed E-state index contributed by atoms with van der Waals surface area (Å²) in [6.07, 6.45) is 3.03. The molecule has 1 aromatic rings. The number of nitrogens with one attached hydrogen (secondary N) is 2. The second-order valence-corrected chi connectivity index (χ2v) is 7.46. The van der Waals surface area contributed by atoms with E-state index in [1.54, 1.807) is 7.05 Å². The number of likely N-dealkylation sites (N-methyl/N-ethyl adjacent to an activating group) is 1. The van der Waals surface area contributed by atoms with Crippen molar-refractivity contribution in [3.63, 3.8) is 0 Å². The van der Waals surface area contributed by atoms with Gasteiger partial charge in [0, 0.05) is 13.5 Å². The van der Waals surface area contributed by atoms with Gasteiger partial charge in [-0.2, -0.15) is 0 Å². The van der Waals surface area contributed by atoms with Gasteiger partial charge in [0.1, 0.15) is 11.8 Å². The summed E-state index contributed by atoms with van der Waals surface area (Å²) in [5.41, 5.74) is 0.857. The first-order chi connectivity index (χ1) is 11.7. The number of ether oxygens (including phenoxy) is 1. The van der Waals surface area contributed by atoms with Crippen molar-refractivity contribution in [1.29, 1.82) is 0 Å². The van der Waals surface area contributed by atoms with Crippen LogP contribution in [-0.2, 0) is 9.59 Å². The van der Waals surface area contributed by atoms with E-state index in [0.29, 0.717) is 13.0 Å². The molecule has 0 spiro atoms. The van der Waals surface area contributed by atoms with Gasteiger partial charge in [-0.15, -0.1) is 0 Å². The molecule has 0 aliphatic rings. The van der Waals surface area contributed by atoms with Gasteiger partial charge in [-0.25, -0.2) is 0 Å². The molecular weight excluding hydrogens is 316 g/mol. The van der Waals surface area contributed by atoms with Crippen LogP contribution in [0.15, 0.2) is 24.3 Å². The van der Waals surface area contributed by atoms with Crippen LogP contribution in [0.5, 0.6) is 5.75 Å². The van der Waals surface area contributed by atoms with Crippen molar-refractivity contribution >= 4 is 11.8 Å². The average molecular weight is 348 g/mol. The lowest BCUT2D eigenvalue weighted by Crippen LogP contribution is -2.52. The topological polar surface area (TPSA) is 67.4 Å². The first kappa shape index (κ1) is 21.0. The molecule has 2 N–H and O–H groups in total. The van der Waals surface area contributed by atoms with E-state index in [2.05, 4.69) is 10.6 Å². The predicted molar refractivity (Wildman–Crippen MR) is 101 cm³/mol. The van der Waals surface area contributed by atoms with Gasteiger partial charge in [0.15, 0.2) is 0 Å². The summed E-state index contributed by atoms with van der Waals surface area (Å²) in [4.78, 5) is 24.0. The number of rotatable bonds is 9. The van der Waals surface area contributed by atoms with E-state index in [-0.39, 0.29) is 17.2 Å². The van der Waals surface area contributed by atoms with Crippen molar-refractivity contribution in [2.75, 3.05) is 13.7 Å². The molecule has 5 nitrogen and oxygen atoms in total. The molecule has 0 aliphatic carbocycles. The van der Waals surface area contributed by atoms with E-state index < -0.39 is 6.04 Å². The van der Waals surface area contributed by atoms with E-state index in [1.165, 1.54) is 5.56 Å². The SMILES string of the molecule is CNC(=O)C(NC(=O)CCCCCOc1cccc(C)c1)C(C)(C)C. The lowest BCUT2D eigenvalue weighted by molar-refractivity contribution is -0.131. The zero-order valence-corrected chi connectivity index (χ0v) is 16.1. The van der Waals surface area contributed by atoms with Gasteiger partial charge in [-0.3, -0.25) is 9.59 Å². The molecule has 25 heavy (non-hydrogen) atoms. The first-order valence-electron chi connectivity index (χ1n) is 8.94. The van der Waals surface area contributed by atoms with Crippen molar-refractivity contribution in [1.82, 2.24) is 10.6 Å². The molecule has 140 valence electrons. The molecule has 0 fully saturated rings. The molecule has 1 rings (SSSR count). The number of hydrogen-bond acceptors (Lipinski definition) is 3. The number of carbonyl (C=O) groups is 2. The van der Waals surface area contributed by atoms with Crippen LogP contribution in [-0.4, -0.2) is 31.5 Å². The lowest BCUT2D eigenvalue weighted by Gasteiger charge is -2.29. The summed E-state index contributed by atoms with van der Waals surface area (Å²) >= 11 is 0.